The van der Waals surface area contributed by atoms with E-state index in [1.807, 2.05) is 88.4 Å². The zero-order chi connectivity index (χ0) is 20.3. The van der Waals surface area contributed by atoms with Crippen molar-refractivity contribution in [3.8, 4) is 0 Å². The van der Waals surface area contributed by atoms with Crippen molar-refractivity contribution in [2.45, 2.75) is 51.7 Å². The van der Waals surface area contributed by atoms with Gasteiger partial charge in [0.1, 0.15) is 0 Å². The molecule has 0 unspecified atom stereocenters. The number of benzene rings is 2. The van der Waals surface area contributed by atoms with E-state index < -0.39 is 11.8 Å². The Labute approximate surface area is 166 Å². The maximum absolute atomic E-state index is 13.0. The molecule has 4 heteroatoms. The van der Waals surface area contributed by atoms with Crippen LogP contribution < -0.4 is 0 Å². The molecule has 0 atom stereocenters. The number of carbonyl (C=O) groups is 2. The summed E-state index contributed by atoms with van der Waals surface area (Å²) < 4.78 is 11.2. The van der Waals surface area contributed by atoms with Crippen molar-refractivity contribution in [1.29, 1.82) is 0 Å². The van der Waals surface area contributed by atoms with Crippen LogP contribution in [0.15, 0.2) is 60.7 Å². The monoisotopic (exact) mass is 380 g/mol. The molecule has 3 rings (SSSR count). The average molecular weight is 380 g/mol. The summed E-state index contributed by atoms with van der Waals surface area (Å²) in [5.41, 5.74) is 1.93. The molecule has 0 N–H and O–H groups in total. The highest BCUT2D eigenvalue weighted by Crippen LogP contribution is 2.58. The van der Waals surface area contributed by atoms with E-state index in [1.54, 1.807) is 0 Å². The van der Waals surface area contributed by atoms with Crippen LogP contribution in [-0.2, 0) is 19.1 Å². The molecule has 0 saturated heterocycles. The lowest BCUT2D eigenvalue weighted by atomic mass is 9.52. The van der Waals surface area contributed by atoms with Crippen molar-refractivity contribution in [2.75, 3.05) is 0 Å². The highest BCUT2D eigenvalue weighted by molar-refractivity contribution is 5.85. The lowest BCUT2D eigenvalue weighted by Crippen LogP contribution is -2.52. The van der Waals surface area contributed by atoms with Crippen molar-refractivity contribution in [3.05, 3.63) is 71.8 Å². The Morgan fingerprint density at radius 3 is 1.25 bits per heavy atom. The van der Waals surface area contributed by atoms with Gasteiger partial charge in [-0.05, 0) is 38.8 Å². The summed E-state index contributed by atoms with van der Waals surface area (Å²) in [5, 5.41) is 0. The minimum atomic E-state index is -0.420. The molecule has 1 fully saturated rings. The van der Waals surface area contributed by atoms with Crippen molar-refractivity contribution in [3.63, 3.8) is 0 Å². The highest BCUT2D eigenvalue weighted by Gasteiger charge is 2.59. The van der Waals surface area contributed by atoms with Crippen LogP contribution in [-0.4, -0.2) is 24.1 Å². The van der Waals surface area contributed by atoms with E-state index in [1.165, 1.54) is 0 Å². The molecule has 0 amide bonds. The Hall–Kier alpha value is -2.62. The Bertz CT molecular complexity index is 720. The van der Waals surface area contributed by atoms with Crippen LogP contribution in [0.4, 0.5) is 0 Å². The van der Waals surface area contributed by atoms with E-state index in [4.69, 9.17) is 9.47 Å². The first-order valence-corrected chi connectivity index (χ1v) is 9.91. The van der Waals surface area contributed by atoms with Crippen molar-refractivity contribution < 1.29 is 19.1 Å². The van der Waals surface area contributed by atoms with Crippen molar-refractivity contribution in [1.82, 2.24) is 0 Å². The predicted octanol–water partition coefficient (Wildman–Crippen LogP) is 4.70. The topological polar surface area (TPSA) is 52.6 Å². The van der Waals surface area contributed by atoms with E-state index in [2.05, 4.69) is 0 Å². The molecule has 4 nitrogen and oxygen atoms in total. The summed E-state index contributed by atoms with van der Waals surface area (Å²) >= 11 is 0. The third-order valence-corrected chi connectivity index (χ3v) is 5.16. The van der Waals surface area contributed by atoms with Crippen LogP contribution in [0.2, 0.25) is 0 Å². The van der Waals surface area contributed by atoms with Gasteiger partial charge in [0.15, 0.2) is 0 Å². The Balaban J connectivity index is 2.04. The van der Waals surface area contributed by atoms with E-state index in [0.717, 1.165) is 11.1 Å². The molecular formula is C24H28O4. The number of carbonyl (C=O) groups excluding carboxylic acids is 2. The first-order chi connectivity index (χ1) is 13.4. The maximum Gasteiger partial charge on any atom is 0.310 e. The second-order valence-electron chi connectivity index (χ2n) is 7.90. The number of esters is 2. The molecule has 0 radical (unpaired) electrons. The van der Waals surface area contributed by atoms with Gasteiger partial charge in [-0.25, -0.2) is 0 Å². The van der Waals surface area contributed by atoms with Gasteiger partial charge in [0.2, 0.25) is 0 Å². The molecule has 1 saturated carbocycles. The summed E-state index contributed by atoms with van der Waals surface area (Å²) in [4.78, 5) is 26.0. The number of rotatable bonds is 6. The van der Waals surface area contributed by atoms with Gasteiger partial charge in [-0.1, -0.05) is 60.7 Å². The maximum atomic E-state index is 13.0. The summed E-state index contributed by atoms with van der Waals surface area (Å²) in [6, 6.07) is 19.5. The fourth-order valence-electron chi connectivity index (χ4n) is 4.14. The SMILES string of the molecule is CC(C)OC(=O)C1C(c2ccccc2)C(C(=O)OC(C)C)C1c1ccccc1. The van der Waals surface area contributed by atoms with Crippen LogP contribution in [0.25, 0.3) is 0 Å². The molecule has 2 aromatic carbocycles. The third kappa shape index (κ3) is 4.11. The second kappa shape index (κ2) is 8.59. The zero-order valence-electron chi connectivity index (χ0n) is 16.9. The van der Waals surface area contributed by atoms with Gasteiger partial charge in [-0.3, -0.25) is 9.59 Å². The molecule has 148 valence electrons. The molecule has 0 aliphatic heterocycles. The molecule has 0 bridgehead atoms. The minimum absolute atomic E-state index is 0.206. The van der Waals surface area contributed by atoms with Gasteiger partial charge in [0, 0.05) is 11.8 Å². The molecule has 2 aromatic rings. The normalized spacial score (nSPS) is 23.9. The van der Waals surface area contributed by atoms with Crippen molar-refractivity contribution >= 4 is 11.9 Å². The fraction of sp³-hybridized carbons (Fsp3) is 0.417. The molecule has 0 spiro atoms. The van der Waals surface area contributed by atoms with E-state index in [9.17, 15) is 9.59 Å². The standard InChI is InChI=1S/C24H28O4/c1-15(2)27-23(25)21-19(17-11-7-5-8-12-17)22(24(26)28-16(3)4)20(21)18-13-9-6-10-14-18/h5-16,19-22H,1-4H3. The first kappa shape index (κ1) is 20.1. The van der Waals surface area contributed by atoms with Crippen molar-refractivity contribution in [2.24, 2.45) is 11.8 Å². The molecule has 1 aliphatic rings. The van der Waals surface area contributed by atoms with Gasteiger partial charge < -0.3 is 9.47 Å². The van der Waals surface area contributed by atoms with Crippen LogP contribution in [0.3, 0.4) is 0 Å². The van der Waals surface area contributed by atoms with Gasteiger partial charge in [-0.2, -0.15) is 0 Å². The number of hydrogen-bond donors (Lipinski definition) is 0. The summed E-state index contributed by atoms with van der Waals surface area (Å²) in [6.45, 7) is 7.37. The zero-order valence-corrected chi connectivity index (χ0v) is 16.9. The van der Waals surface area contributed by atoms with Crippen LogP contribution in [0.5, 0.6) is 0 Å². The third-order valence-electron chi connectivity index (χ3n) is 5.16. The Morgan fingerprint density at radius 2 is 0.964 bits per heavy atom. The largest absolute Gasteiger partial charge is 0.463 e. The van der Waals surface area contributed by atoms with Gasteiger partial charge in [0.05, 0.1) is 24.0 Å². The van der Waals surface area contributed by atoms with E-state index in [-0.39, 0.29) is 36.0 Å². The van der Waals surface area contributed by atoms with Crippen LogP contribution in [0, 0.1) is 11.8 Å². The van der Waals surface area contributed by atoms with Crippen LogP contribution in [0.1, 0.15) is 50.7 Å². The van der Waals surface area contributed by atoms with Gasteiger partial charge >= 0.3 is 11.9 Å². The van der Waals surface area contributed by atoms with E-state index in [0.29, 0.717) is 0 Å². The lowest BCUT2D eigenvalue weighted by Gasteiger charge is -2.50. The Kier molecular flexibility index (Phi) is 6.18. The van der Waals surface area contributed by atoms with Gasteiger partial charge in [-0.15, -0.1) is 0 Å². The minimum Gasteiger partial charge on any atom is -0.463 e. The number of hydrogen-bond acceptors (Lipinski definition) is 4. The van der Waals surface area contributed by atoms with E-state index >= 15 is 0 Å². The summed E-state index contributed by atoms with van der Waals surface area (Å²) in [7, 11) is 0. The first-order valence-electron chi connectivity index (χ1n) is 9.91. The quantitative estimate of drug-likeness (QED) is 0.682. The molecule has 0 heterocycles. The smallest absolute Gasteiger partial charge is 0.310 e. The molecule has 1 aliphatic carbocycles. The lowest BCUT2D eigenvalue weighted by molar-refractivity contribution is -0.171. The fourth-order valence-corrected chi connectivity index (χ4v) is 4.14. The number of ether oxygens (including phenoxy) is 2. The van der Waals surface area contributed by atoms with Gasteiger partial charge in [0.25, 0.3) is 0 Å². The summed E-state index contributed by atoms with van der Waals surface area (Å²) in [5.74, 6) is -1.88. The summed E-state index contributed by atoms with van der Waals surface area (Å²) in [6.07, 6.45) is -0.413. The predicted molar refractivity (Wildman–Crippen MR) is 108 cm³/mol. The molecular weight excluding hydrogens is 352 g/mol. The molecule has 28 heavy (non-hydrogen) atoms. The molecule has 0 aromatic heterocycles. The highest BCUT2D eigenvalue weighted by atomic mass is 16.5. The average Bonchev–Trinajstić information content (AvgIpc) is 2.61. The second-order valence-corrected chi connectivity index (χ2v) is 7.90. The van der Waals surface area contributed by atoms with Crippen LogP contribution >= 0.6 is 0 Å². The Morgan fingerprint density at radius 1 is 0.643 bits per heavy atom.